The summed E-state index contributed by atoms with van der Waals surface area (Å²) in [6, 6.07) is 10.2. The van der Waals surface area contributed by atoms with Gasteiger partial charge in [0.15, 0.2) is 0 Å². The van der Waals surface area contributed by atoms with Gasteiger partial charge in [0.1, 0.15) is 5.75 Å². The number of rotatable bonds is 8. The predicted octanol–water partition coefficient (Wildman–Crippen LogP) is 3.29. The summed E-state index contributed by atoms with van der Waals surface area (Å²) in [6.45, 7) is 5.18. The van der Waals surface area contributed by atoms with Crippen LogP contribution in [-0.2, 0) is 43.3 Å². The maximum Gasteiger partial charge on any atom is 0.308 e. The summed E-state index contributed by atoms with van der Waals surface area (Å²) >= 11 is 0. The molecule has 32 heavy (non-hydrogen) atoms. The van der Waals surface area contributed by atoms with Crippen LogP contribution in [0.5, 0.6) is 5.75 Å². The van der Waals surface area contributed by atoms with E-state index in [1.807, 2.05) is 6.07 Å². The number of aliphatic carboxylic acids is 1. The third kappa shape index (κ3) is 4.41. The Labute approximate surface area is 187 Å². The van der Waals surface area contributed by atoms with Crippen LogP contribution in [0.25, 0.3) is 10.9 Å². The van der Waals surface area contributed by atoms with E-state index in [0.29, 0.717) is 23.4 Å². The highest BCUT2D eigenvalue weighted by molar-refractivity contribution is 5.88. The lowest BCUT2D eigenvalue weighted by atomic mass is 9.97. The fraction of sp³-hybridized carbons (Fsp3) is 0.385. The number of aromatic hydroxyl groups is 1. The van der Waals surface area contributed by atoms with Crippen molar-refractivity contribution in [2.45, 2.75) is 58.4 Å². The summed E-state index contributed by atoms with van der Waals surface area (Å²) in [4.78, 5) is 25.9. The molecule has 0 aliphatic heterocycles. The van der Waals surface area contributed by atoms with E-state index in [0.717, 1.165) is 37.8 Å². The Morgan fingerprint density at radius 3 is 2.28 bits per heavy atom. The number of H-pyrrole nitrogens is 1. The predicted molar refractivity (Wildman–Crippen MR) is 126 cm³/mol. The molecule has 0 radical (unpaired) electrons. The highest BCUT2D eigenvalue weighted by Crippen LogP contribution is 2.28. The number of aryl methyl sites for hydroxylation is 2. The van der Waals surface area contributed by atoms with Crippen LogP contribution < -0.4 is 10.9 Å². The number of phenols is 1. The van der Waals surface area contributed by atoms with Crippen molar-refractivity contribution in [3.05, 3.63) is 74.1 Å². The molecule has 6 nitrogen and oxygen atoms in total. The fourth-order valence-corrected chi connectivity index (χ4v) is 4.88. The summed E-state index contributed by atoms with van der Waals surface area (Å²) in [6.07, 6.45) is 4.54. The van der Waals surface area contributed by atoms with Crippen molar-refractivity contribution in [1.82, 2.24) is 10.3 Å². The molecule has 0 spiro atoms. The molecule has 1 aliphatic carbocycles. The minimum absolute atomic E-state index is 0.0135. The van der Waals surface area contributed by atoms with E-state index in [1.165, 1.54) is 22.3 Å². The molecule has 0 amide bonds. The van der Waals surface area contributed by atoms with Gasteiger partial charge in [0.2, 0.25) is 0 Å². The lowest BCUT2D eigenvalue weighted by molar-refractivity contribution is -0.136. The lowest BCUT2D eigenvalue weighted by Gasteiger charge is -2.14. The standard InChI is InChI=1S/C26H30N2O4/c1-3-15-9-18-11-21(12-19(18)10-16(15)4-2)27-8-7-17-5-6-23(29)25-22(17)13-20(14-24(30)31)26(32)28-25/h5-6,9-10,13,21,27,29H,3-4,7-8,11-12,14H2,1-2H3,(H,28,32)(H,30,31). The van der Waals surface area contributed by atoms with E-state index in [9.17, 15) is 14.7 Å². The van der Waals surface area contributed by atoms with Gasteiger partial charge >= 0.3 is 5.97 Å². The van der Waals surface area contributed by atoms with E-state index < -0.39 is 11.5 Å². The van der Waals surface area contributed by atoms with Crippen LogP contribution in [-0.4, -0.2) is 33.8 Å². The van der Waals surface area contributed by atoms with Crippen LogP contribution in [0.3, 0.4) is 0 Å². The monoisotopic (exact) mass is 434 g/mol. The minimum Gasteiger partial charge on any atom is -0.506 e. The Morgan fingerprint density at radius 2 is 1.69 bits per heavy atom. The molecule has 1 aromatic heterocycles. The van der Waals surface area contributed by atoms with Crippen molar-refractivity contribution in [2.75, 3.05) is 6.54 Å². The van der Waals surface area contributed by atoms with E-state index in [4.69, 9.17) is 5.11 Å². The maximum atomic E-state index is 12.2. The van der Waals surface area contributed by atoms with Gasteiger partial charge in [-0.2, -0.15) is 0 Å². The first-order valence-electron chi connectivity index (χ1n) is 11.3. The number of carbonyl (C=O) groups is 1. The number of carboxylic acid groups (broad SMARTS) is 1. The Kier molecular flexibility index (Phi) is 6.33. The number of benzene rings is 2. The van der Waals surface area contributed by atoms with Gasteiger partial charge in [-0.15, -0.1) is 0 Å². The first kappa shape index (κ1) is 22.1. The molecule has 0 atom stereocenters. The molecule has 1 aliphatic rings. The Hall–Kier alpha value is -3.12. The fourth-order valence-electron chi connectivity index (χ4n) is 4.88. The zero-order chi connectivity index (χ0) is 22.8. The number of carboxylic acids is 1. The SMILES string of the molecule is CCc1cc2c(cc1CC)CC(NCCc1ccc(O)c3[nH]c(=O)c(CC(=O)O)cc13)C2. The van der Waals surface area contributed by atoms with Crippen LogP contribution in [0.1, 0.15) is 47.2 Å². The average Bonchev–Trinajstić information content (AvgIpc) is 3.16. The van der Waals surface area contributed by atoms with E-state index >= 15 is 0 Å². The molecule has 0 unspecified atom stereocenters. The van der Waals surface area contributed by atoms with Crippen LogP contribution in [0.15, 0.2) is 35.1 Å². The molecule has 1 heterocycles. The number of hydrogen-bond donors (Lipinski definition) is 4. The van der Waals surface area contributed by atoms with Gasteiger partial charge < -0.3 is 20.5 Å². The van der Waals surface area contributed by atoms with Gasteiger partial charge in [-0.25, -0.2) is 0 Å². The van der Waals surface area contributed by atoms with Gasteiger partial charge in [-0.1, -0.05) is 32.0 Å². The molecule has 2 aromatic carbocycles. The summed E-state index contributed by atoms with van der Waals surface area (Å²) in [7, 11) is 0. The van der Waals surface area contributed by atoms with E-state index in [-0.39, 0.29) is 17.7 Å². The van der Waals surface area contributed by atoms with Crippen molar-refractivity contribution in [3.8, 4) is 5.75 Å². The van der Waals surface area contributed by atoms with Crippen LogP contribution in [0.4, 0.5) is 0 Å². The topological polar surface area (TPSA) is 102 Å². The largest absolute Gasteiger partial charge is 0.506 e. The molecule has 0 saturated carbocycles. The zero-order valence-electron chi connectivity index (χ0n) is 18.6. The second kappa shape index (κ2) is 9.17. The van der Waals surface area contributed by atoms with Crippen molar-refractivity contribution >= 4 is 16.9 Å². The molecule has 4 N–H and O–H groups in total. The van der Waals surface area contributed by atoms with E-state index in [1.54, 1.807) is 12.1 Å². The number of hydrogen-bond acceptors (Lipinski definition) is 4. The van der Waals surface area contributed by atoms with Crippen LogP contribution in [0, 0.1) is 0 Å². The van der Waals surface area contributed by atoms with Gasteiger partial charge in [-0.3, -0.25) is 9.59 Å². The number of phenolic OH excluding ortho intramolecular Hbond substituents is 1. The molecule has 0 fully saturated rings. The molecule has 0 bridgehead atoms. The number of aromatic amines is 1. The van der Waals surface area contributed by atoms with Crippen molar-refractivity contribution < 1.29 is 15.0 Å². The third-order valence-electron chi connectivity index (χ3n) is 6.55. The zero-order valence-corrected chi connectivity index (χ0v) is 18.6. The summed E-state index contributed by atoms with van der Waals surface area (Å²) < 4.78 is 0. The number of fused-ring (bicyclic) bond motifs is 2. The molecule has 168 valence electrons. The van der Waals surface area contributed by atoms with E-state index in [2.05, 4.69) is 36.3 Å². The quantitative estimate of drug-likeness (QED) is 0.436. The molecule has 4 rings (SSSR count). The normalized spacial score (nSPS) is 13.6. The maximum absolute atomic E-state index is 12.2. The van der Waals surface area contributed by atoms with Crippen molar-refractivity contribution in [1.29, 1.82) is 0 Å². The number of nitrogens with one attached hydrogen (secondary N) is 2. The smallest absolute Gasteiger partial charge is 0.308 e. The average molecular weight is 435 g/mol. The van der Waals surface area contributed by atoms with Gasteiger partial charge in [-0.05, 0) is 78.6 Å². The second-order valence-corrected chi connectivity index (χ2v) is 8.63. The molecular formula is C26H30N2O4. The Morgan fingerprint density at radius 1 is 1.03 bits per heavy atom. The first-order chi connectivity index (χ1) is 15.4. The minimum atomic E-state index is -1.06. The number of aromatic nitrogens is 1. The second-order valence-electron chi connectivity index (χ2n) is 8.63. The highest BCUT2D eigenvalue weighted by Gasteiger charge is 2.22. The lowest BCUT2D eigenvalue weighted by Crippen LogP contribution is -2.31. The van der Waals surface area contributed by atoms with Crippen LogP contribution >= 0.6 is 0 Å². The third-order valence-corrected chi connectivity index (χ3v) is 6.55. The van der Waals surface area contributed by atoms with Crippen LogP contribution in [0.2, 0.25) is 0 Å². The van der Waals surface area contributed by atoms with Gasteiger partial charge in [0.05, 0.1) is 11.9 Å². The summed E-state index contributed by atoms with van der Waals surface area (Å²) in [5.74, 6) is -1.07. The first-order valence-corrected chi connectivity index (χ1v) is 11.3. The highest BCUT2D eigenvalue weighted by atomic mass is 16.4. The van der Waals surface area contributed by atoms with Gasteiger partial charge in [0.25, 0.3) is 5.56 Å². The Balaban J connectivity index is 1.48. The molecular weight excluding hydrogens is 404 g/mol. The van der Waals surface area contributed by atoms with Crippen molar-refractivity contribution in [2.24, 2.45) is 0 Å². The van der Waals surface area contributed by atoms with Crippen molar-refractivity contribution in [3.63, 3.8) is 0 Å². The number of pyridine rings is 1. The Bertz CT molecular complexity index is 1200. The summed E-state index contributed by atoms with van der Waals surface area (Å²) in [5.41, 5.74) is 6.83. The molecule has 6 heteroatoms. The molecule has 3 aromatic rings. The van der Waals surface area contributed by atoms with Gasteiger partial charge in [0, 0.05) is 17.0 Å². The summed E-state index contributed by atoms with van der Waals surface area (Å²) in [5, 5.41) is 23.6. The molecule has 0 saturated heterocycles.